The van der Waals surface area contributed by atoms with Gasteiger partial charge in [-0.2, -0.15) is 4.98 Å². The Balaban J connectivity index is 2.10. The van der Waals surface area contributed by atoms with Crippen molar-refractivity contribution in [2.45, 2.75) is 33.7 Å². The van der Waals surface area contributed by atoms with Gasteiger partial charge in [0, 0.05) is 29.4 Å². The van der Waals surface area contributed by atoms with Gasteiger partial charge in [0.15, 0.2) is 5.78 Å². The summed E-state index contributed by atoms with van der Waals surface area (Å²) in [6, 6.07) is 0. The molecule has 3 heterocycles. The number of fused-ring (bicyclic) bond motifs is 1. The summed E-state index contributed by atoms with van der Waals surface area (Å²) in [5, 5.41) is 0.0698. The average Bonchev–Trinajstić information content (AvgIpc) is 2.61. The normalized spacial score (nSPS) is 15.2. The molecule has 0 amide bonds. The van der Waals surface area contributed by atoms with E-state index in [2.05, 4.69) is 15.0 Å². The van der Waals surface area contributed by atoms with Gasteiger partial charge in [-0.1, -0.05) is 24.6 Å². The maximum absolute atomic E-state index is 12.8. The second kappa shape index (κ2) is 7.52. The van der Waals surface area contributed by atoms with Crippen molar-refractivity contribution in [3.05, 3.63) is 45.4 Å². The van der Waals surface area contributed by atoms with Gasteiger partial charge >= 0.3 is 0 Å². The first-order valence-corrected chi connectivity index (χ1v) is 9.05. The Kier molecular flexibility index (Phi) is 5.32. The number of nitrogen functional groups attached to an aromatic ring is 1. The number of pyridine rings is 1. The Morgan fingerprint density at radius 2 is 2.11 bits per heavy atom. The Morgan fingerprint density at radius 1 is 1.37 bits per heavy atom. The minimum Gasteiger partial charge on any atom is -0.496 e. The molecule has 2 N–H and O–H groups in total. The highest BCUT2D eigenvalue weighted by Crippen LogP contribution is 2.34. The summed E-state index contributed by atoms with van der Waals surface area (Å²) in [6.07, 6.45) is 4.43. The highest BCUT2D eigenvalue weighted by molar-refractivity contribution is 6.35. The number of anilines is 2. The maximum atomic E-state index is 12.8. The molecular formula is C19H22ClN5O2. The van der Waals surface area contributed by atoms with Gasteiger partial charge in [0.05, 0.1) is 19.3 Å². The van der Waals surface area contributed by atoms with Gasteiger partial charge in [0.2, 0.25) is 5.95 Å². The minimum absolute atomic E-state index is 0.0330. The van der Waals surface area contributed by atoms with Gasteiger partial charge in [0.25, 0.3) is 0 Å². The Morgan fingerprint density at radius 3 is 2.78 bits per heavy atom. The first kappa shape index (κ1) is 19.1. The molecule has 27 heavy (non-hydrogen) atoms. The molecule has 0 radical (unpaired) electrons. The van der Waals surface area contributed by atoms with Crippen LogP contribution in [0.3, 0.4) is 0 Å². The number of carbonyl (C=O) groups is 1. The van der Waals surface area contributed by atoms with Gasteiger partial charge in [-0.3, -0.25) is 9.78 Å². The van der Waals surface area contributed by atoms with Crippen LogP contribution in [0.4, 0.5) is 11.8 Å². The van der Waals surface area contributed by atoms with Crippen molar-refractivity contribution in [2.24, 2.45) is 0 Å². The Labute approximate surface area is 163 Å². The number of methoxy groups -OCH3 is 1. The first-order chi connectivity index (χ1) is 12.9. The number of hydrogen-bond acceptors (Lipinski definition) is 7. The van der Waals surface area contributed by atoms with E-state index in [-0.39, 0.29) is 22.4 Å². The van der Waals surface area contributed by atoms with E-state index in [0.29, 0.717) is 24.5 Å². The number of hydrogen-bond donors (Lipinski definition) is 1. The summed E-state index contributed by atoms with van der Waals surface area (Å²) in [5.41, 5.74) is 9.48. The van der Waals surface area contributed by atoms with Crippen molar-refractivity contribution < 1.29 is 9.53 Å². The van der Waals surface area contributed by atoms with E-state index in [1.807, 2.05) is 31.7 Å². The van der Waals surface area contributed by atoms with Crippen LogP contribution in [0.2, 0.25) is 5.15 Å². The van der Waals surface area contributed by atoms with Crippen molar-refractivity contribution in [1.29, 1.82) is 0 Å². The lowest BCUT2D eigenvalue weighted by molar-refractivity contribution is 0.102. The molecule has 142 valence electrons. The zero-order valence-electron chi connectivity index (χ0n) is 15.8. The Hall–Kier alpha value is -2.67. The largest absolute Gasteiger partial charge is 0.496 e. The molecule has 8 heteroatoms. The summed E-state index contributed by atoms with van der Waals surface area (Å²) in [5.74, 6) is 1.12. The third-order valence-corrected chi connectivity index (χ3v) is 4.86. The highest BCUT2D eigenvalue weighted by atomic mass is 35.5. The first-order valence-electron chi connectivity index (χ1n) is 8.68. The zero-order chi connectivity index (χ0) is 19.7. The standard InChI is InChI=1S/C19H22ClN5O2/c1-5-6-12-8-25(9-13-11(3)16(27-4)10(2)7-22-13)18-14(15(12)26)17(20)23-19(21)24-18/h6-7H,5,8-9H2,1-4H3,(H2,21,23,24). The predicted octanol–water partition coefficient (Wildman–Crippen LogP) is 3.27. The summed E-state index contributed by atoms with van der Waals surface area (Å²) in [4.78, 5) is 27.6. The van der Waals surface area contributed by atoms with Crippen molar-refractivity contribution >= 4 is 29.2 Å². The number of ether oxygens (including phenoxy) is 1. The van der Waals surface area contributed by atoms with Crippen LogP contribution in [0, 0.1) is 13.8 Å². The predicted molar refractivity (Wildman–Crippen MR) is 105 cm³/mol. The summed E-state index contributed by atoms with van der Waals surface area (Å²) in [6.45, 7) is 6.75. The van der Waals surface area contributed by atoms with Crippen LogP contribution in [0.15, 0.2) is 17.8 Å². The molecule has 0 saturated heterocycles. The average molecular weight is 388 g/mol. The van der Waals surface area contributed by atoms with Crippen molar-refractivity contribution in [3.63, 3.8) is 0 Å². The SMILES string of the molecule is CCC=C1CN(Cc2ncc(C)c(OC)c2C)c2nc(N)nc(Cl)c2C1=O. The van der Waals surface area contributed by atoms with Crippen LogP contribution < -0.4 is 15.4 Å². The molecule has 3 rings (SSSR count). The number of halogens is 1. The van der Waals surface area contributed by atoms with Crippen LogP contribution in [-0.4, -0.2) is 34.4 Å². The molecule has 1 aliphatic rings. The topological polar surface area (TPSA) is 94.2 Å². The number of aryl methyl sites for hydroxylation is 1. The van der Waals surface area contributed by atoms with Gasteiger partial charge in [-0.25, -0.2) is 4.98 Å². The summed E-state index contributed by atoms with van der Waals surface area (Å²) in [7, 11) is 1.64. The molecule has 2 aromatic heterocycles. The van der Waals surface area contributed by atoms with E-state index < -0.39 is 0 Å². The number of aromatic nitrogens is 3. The number of allylic oxidation sites excluding steroid dienone is 1. The quantitative estimate of drug-likeness (QED) is 0.635. The third kappa shape index (κ3) is 3.47. The zero-order valence-corrected chi connectivity index (χ0v) is 16.6. The number of Topliss-reactive ketones (excluding diaryl/α,β-unsaturated/α-hetero) is 1. The molecule has 1 aliphatic heterocycles. The number of ketones is 1. The number of nitrogens with zero attached hydrogens (tertiary/aromatic N) is 4. The van der Waals surface area contributed by atoms with Gasteiger partial charge < -0.3 is 15.4 Å². The Bertz CT molecular complexity index is 942. The third-order valence-electron chi connectivity index (χ3n) is 4.58. The number of rotatable bonds is 4. The highest BCUT2D eigenvalue weighted by Gasteiger charge is 2.32. The molecule has 0 spiro atoms. The van der Waals surface area contributed by atoms with E-state index >= 15 is 0 Å². The van der Waals surface area contributed by atoms with E-state index in [0.717, 1.165) is 29.0 Å². The van der Waals surface area contributed by atoms with Crippen molar-refractivity contribution in [1.82, 2.24) is 15.0 Å². The fourth-order valence-corrected chi connectivity index (χ4v) is 3.58. The lowest BCUT2D eigenvalue weighted by Crippen LogP contribution is -2.36. The van der Waals surface area contributed by atoms with Crippen LogP contribution in [0.5, 0.6) is 5.75 Å². The fourth-order valence-electron chi connectivity index (χ4n) is 3.32. The van der Waals surface area contributed by atoms with E-state index in [1.165, 1.54) is 0 Å². The van der Waals surface area contributed by atoms with Gasteiger partial charge in [-0.05, 0) is 20.3 Å². The van der Waals surface area contributed by atoms with E-state index in [4.69, 9.17) is 22.1 Å². The number of nitrogens with two attached hydrogens (primary N) is 1. The monoisotopic (exact) mass is 387 g/mol. The molecular weight excluding hydrogens is 366 g/mol. The van der Waals surface area contributed by atoms with Crippen LogP contribution in [0.1, 0.15) is 40.5 Å². The smallest absolute Gasteiger partial charge is 0.223 e. The molecule has 0 bridgehead atoms. The minimum atomic E-state index is -0.153. The van der Waals surface area contributed by atoms with Crippen molar-refractivity contribution in [2.75, 3.05) is 24.3 Å². The second-order valence-corrected chi connectivity index (χ2v) is 6.80. The van der Waals surface area contributed by atoms with Gasteiger partial charge in [0.1, 0.15) is 22.3 Å². The lowest BCUT2D eigenvalue weighted by Gasteiger charge is -2.31. The maximum Gasteiger partial charge on any atom is 0.223 e. The van der Waals surface area contributed by atoms with E-state index in [1.54, 1.807) is 13.3 Å². The summed E-state index contributed by atoms with van der Waals surface area (Å²) < 4.78 is 5.50. The molecule has 0 atom stereocenters. The molecule has 0 unspecified atom stereocenters. The molecule has 0 aliphatic carbocycles. The molecule has 0 fully saturated rings. The molecule has 0 saturated carbocycles. The molecule has 2 aromatic rings. The fraction of sp³-hybridized carbons (Fsp3) is 0.368. The van der Waals surface area contributed by atoms with E-state index in [9.17, 15) is 4.79 Å². The van der Waals surface area contributed by atoms with Crippen LogP contribution >= 0.6 is 11.6 Å². The second-order valence-electron chi connectivity index (χ2n) is 6.44. The molecule has 7 nitrogen and oxygen atoms in total. The lowest BCUT2D eigenvalue weighted by atomic mass is 9.98. The van der Waals surface area contributed by atoms with Gasteiger partial charge in [-0.15, -0.1) is 0 Å². The van der Waals surface area contributed by atoms with Crippen LogP contribution in [-0.2, 0) is 6.54 Å². The van der Waals surface area contributed by atoms with Crippen LogP contribution in [0.25, 0.3) is 0 Å². The number of carbonyl (C=O) groups excluding carboxylic acids is 1. The summed E-state index contributed by atoms with van der Waals surface area (Å²) >= 11 is 6.23. The molecule has 0 aromatic carbocycles. The van der Waals surface area contributed by atoms with Crippen molar-refractivity contribution in [3.8, 4) is 5.75 Å².